The van der Waals surface area contributed by atoms with E-state index in [2.05, 4.69) is 20.7 Å². The van der Waals surface area contributed by atoms with E-state index in [9.17, 15) is 4.79 Å². The van der Waals surface area contributed by atoms with Gasteiger partial charge in [-0.15, -0.1) is 0 Å². The van der Waals surface area contributed by atoms with Crippen LogP contribution in [-0.2, 0) is 4.74 Å². The molecule has 0 aliphatic rings. The number of carbonyl (C=O) groups is 1. The van der Waals surface area contributed by atoms with Crippen LogP contribution in [0.4, 0.5) is 0 Å². The van der Waals surface area contributed by atoms with Crippen molar-refractivity contribution in [3.8, 4) is 0 Å². The van der Waals surface area contributed by atoms with Gasteiger partial charge >= 0.3 is 5.97 Å². The molecule has 0 fully saturated rings. The lowest BCUT2D eigenvalue weighted by Crippen LogP contribution is -2.06. The van der Waals surface area contributed by atoms with E-state index in [0.29, 0.717) is 5.56 Å². The Balaban J connectivity index is 3.28. The fourth-order valence-electron chi connectivity index (χ4n) is 1.33. The Labute approximate surface area is 86.0 Å². The van der Waals surface area contributed by atoms with Gasteiger partial charge in [0, 0.05) is 4.47 Å². The molecule has 1 rings (SSSR count). The number of aryl methyl sites for hydroxylation is 2. The predicted octanol–water partition coefficient (Wildman–Crippen LogP) is 2.85. The van der Waals surface area contributed by atoms with Crippen LogP contribution in [0.25, 0.3) is 0 Å². The quantitative estimate of drug-likeness (QED) is 0.709. The van der Waals surface area contributed by atoms with Crippen LogP contribution in [-0.4, -0.2) is 13.1 Å². The molecule has 2 nitrogen and oxygen atoms in total. The molecule has 0 saturated carbocycles. The molecule has 0 atom stereocenters. The highest BCUT2D eigenvalue weighted by Crippen LogP contribution is 2.20. The number of halogens is 1. The number of methoxy groups -OCH3 is 1. The molecule has 1 aromatic rings. The van der Waals surface area contributed by atoms with Crippen LogP contribution in [0.15, 0.2) is 16.6 Å². The predicted molar refractivity (Wildman–Crippen MR) is 55.0 cm³/mol. The van der Waals surface area contributed by atoms with Gasteiger partial charge in [0.25, 0.3) is 0 Å². The van der Waals surface area contributed by atoms with Crippen molar-refractivity contribution in [2.24, 2.45) is 0 Å². The normalized spacial score (nSPS) is 9.85. The molecule has 70 valence electrons. The SMILES string of the molecule is COC(=O)c1c(C)cc(Br)cc1C. The Morgan fingerprint density at radius 1 is 1.31 bits per heavy atom. The van der Waals surface area contributed by atoms with Gasteiger partial charge < -0.3 is 4.74 Å². The standard InChI is InChI=1S/C10H11BrO2/c1-6-4-8(11)5-7(2)9(6)10(12)13-3/h4-5H,1-3H3. The first-order valence-electron chi connectivity index (χ1n) is 3.91. The Morgan fingerprint density at radius 3 is 2.15 bits per heavy atom. The molecule has 0 aliphatic carbocycles. The van der Waals surface area contributed by atoms with Gasteiger partial charge in [0.1, 0.15) is 0 Å². The highest BCUT2D eigenvalue weighted by molar-refractivity contribution is 9.10. The molecule has 13 heavy (non-hydrogen) atoms. The third kappa shape index (κ3) is 2.10. The maximum atomic E-state index is 11.3. The van der Waals surface area contributed by atoms with E-state index in [-0.39, 0.29) is 5.97 Å². The Morgan fingerprint density at radius 2 is 1.77 bits per heavy atom. The first-order valence-corrected chi connectivity index (χ1v) is 4.70. The van der Waals surface area contributed by atoms with Gasteiger partial charge in [-0.25, -0.2) is 4.79 Å². The number of rotatable bonds is 1. The number of benzene rings is 1. The molecule has 0 aliphatic heterocycles. The zero-order valence-electron chi connectivity index (χ0n) is 7.85. The van der Waals surface area contributed by atoms with Gasteiger partial charge in [-0.05, 0) is 37.1 Å². The summed E-state index contributed by atoms with van der Waals surface area (Å²) in [5.74, 6) is -0.275. The second kappa shape index (κ2) is 3.92. The van der Waals surface area contributed by atoms with Crippen molar-refractivity contribution in [2.75, 3.05) is 7.11 Å². The molecular weight excluding hydrogens is 232 g/mol. The van der Waals surface area contributed by atoms with Crippen LogP contribution in [0.1, 0.15) is 21.5 Å². The van der Waals surface area contributed by atoms with Gasteiger partial charge in [-0.2, -0.15) is 0 Å². The van der Waals surface area contributed by atoms with E-state index in [1.54, 1.807) is 0 Å². The number of ether oxygens (including phenoxy) is 1. The minimum Gasteiger partial charge on any atom is -0.465 e. The maximum absolute atomic E-state index is 11.3. The van der Waals surface area contributed by atoms with Crippen LogP contribution >= 0.6 is 15.9 Å². The molecule has 0 unspecified atom stereocenters. The molecular formula is C10H11BrO2. The summed E-state index contributed by atoms with van der Waals surface area (Å²) in [6.45, 7) is 3.79. The maximum Gasteiger partial charge on any atom is 0.338 e. The van der Waals surface area contributed by atoms with Crippen molar-refractivity contribution in [3.63, 3.8) is 0 Å². The van der Waals surface area contributed by atoms with Gasteiger partial charge in [0.2, 0.25) is 0 Å². The second-order valence-corrected chi connectivity index (χ2v) is 3.82. The Hall–Kier alpha value is -0.830. The van der Waals surface area contributed by atoms with Crippen molar-refractivity contribution in [2.45, 2.75) is 13.8 Å². The average Bonchev–Trinajstić information content (AvgIpc) is 2.02. The molecule has 1 aromatic carbocycles. The topological polar surface area (TPSA) is 26.3 Å². The first kappa shape index (κ1) is 10.3. The van der Waals surface area contributed by atoms with E-state index in [0.717, 1.165) is 15.6 Å². The molecule has 0 N–H and O–H groups in total. The zero-order valence-corrected chi connectivity index (χ0v) is 9.44. The molecule has 0 spiro atoms. The summed E-state index contributed by atoms with van der Waals surface area (Å²) in [6, 6.07) is 3.80. The first-order chi connectivity index (χ1) is 6.06. The van der Waals surface area contributed by atoms with Crippen LogP contribution in [0.3, 0.4) is 0 Å². The van der Waals surface area contributed by atoms with Crippen LogP contribution in [0, 0.1) is 13.8 Å². The average molecular weight is 243 g/mol. The van der Waals surface area contributed by atoms with Crippen molar-refractivity contribution < 1.29 is 9.53 Å². The highest BCUT2D eigenvalue weighted by atomic mass is 79.9. The molecule has 0 bridgehead atoms. The number of hydrogen-bond acceptors (Lipinski definition) is 2. The van der Waals surface area contributed by atoms with Gasteiger partial charge in [0.05, 0.1) is 12.7 Å². The molecule has 0 aromatic heterocycles. The summed E-state index contributed by atoms with van der Waals surface area (Å²) >= 11 is 3.37. The van der Waals surface area contributed by atoms with Crippen LogP contribution in [0.5, 0.6) is 0 Å². The monoisotopic (exact) mass is 242 g/mol. The van der Waals surface area contributed by atoms with E-state index < -0.39 is 0 Å². The van der Waals surface area contributed by atoms with Crippen molar-refractivity contribution in [1.29, 1.82) is 0 Å². The largest absolute Gasteiger partial charge is 0.465 e. The summed E-state index contributed by atoms with van der Waals surface area (Å²) in [7, 11) is 1.39. The lowest BCUT2D eigenvalue weighted by Gasteiger charge is -2.07. The molecule has 3 heteroatoms. The smallest absolute Gasteiger partial charge is 0.338 e. The fraction of sp³-hybridized carbons (Fsp3) is 0.300. The van der Waals surface area contributed by atoms with Crippen molar-refractivity contribution >= 4 is 21.9 Å². The minimum atomic E-state index is -0.275. The Kier molecular flexibility index (Phi) is 3.09. The summed E-state index contributed by atoms with van der Waals surface area (Å²) in [4.78, 5) is 11.3. The van der Waals surface area contributed by atoms with Gasteiger partial charge in [-0.1, -0.05) is 15.9 Å². The van der Waals surface area contributed by atoms with E-state index in [1.165, 1.54) is 7.11 Å². The third-order valence-electron chi connectivity index (χ3n) is 1.89. The third-order valence-corrected chi connectivity index (χ3v) is 2.34. The molecule has 0 radical (unpaired) electrons. The lowest BCUT2D eigenvalue weighted by molar-refractivity contribution is 0.0599. The van der Waals surface area contributed by atoms with Crippen LogP contribution < -0.4 is 0 Å². The lowest BCUT2D eigenvalue weighted by atomic mass is 10.0. The summed E-state index contributed by atoms with van der Waals surface area (Å²) < 4.78 is 5.67. The number of carbonyl (C=O) groups excluding carboxylic acids is 1. The van der Waals surface area contributed by atoms with Crippen molar-refractivity contribution in [3.05, 3.63) is 33.3 Å². The van der Waals surface area contributed by atoms with Crippen molar-refractivity contribution in [1.82, 2.24) is 0 Å². The van der Waals surface area contributed by atoms with E-state index in [1.807, 2.05) is 26.0 Å². The second-order valence-electron chi connectivity index (χ2n) is 2.91. The van der Waals surface area contributed by atoms with Crippen LogP contribution in [0.2, 0.25) is 0 Å². The highest BCUT2D eigenvalue weighted by Gasteiger charge is 2.12. The van der Waals surface area contributed by atoms with Gasteiger partial charge in [0.15, 0.2) is 0 Å². The summed E-state index contributed by atoms with van der Waals surface area (Å²) in [5, 5.41) is 0. The molecule has 0 amide bonds. The fourth-order valence-corrected chi connectivity index (χ4v) is 2.02. The zero-order chi connectivity index (χ0) is 10.0. The number of esters is 1. The minimum absolute atomic E-state index is 0.275. The number of hydrogen-bond donors (Lipinski definition) is 0. The molecule has 0 saturated heterocycles. The Bertz CT molecular complexity index is 322. The summed E-state index contributed by atoms with van der Waals surface area (Å²) in [5.41, 5.74) is 2.52. The van der Waals surface area contributed by atoms with Gasteiger partial charge in [-0.3, -0.25) is 0 Å². The van der Waals surface area contributed by atoms with E-state index >= 15 is 0 Å². The summed E-state index contributed by atoms with van der Waals surface area (Å²) in [6.07, 6.45) is 0. The van der Waals surface area contributed by atoms with E-state index in [4.69, 9.17) is 0 Å². The molecule has 0 heterocycles.